The highest BCUT2D eigenvalue weighted by molar-refractivity contribution is 5.85. The van der Waals surface area contributed by atoms with E-state index in [2.05, 4.69) is 15.2 Å². The standard InChI is InChI=1S/C17H16FN3O2/c1-10-8-14(12-6-3-7-13(18)16(12)19-10)22-9-15-20-21-17(23-15)11-4-2-5-11/h3,6-8,11H,2,4-5,9H2,1H3. The van der Waals surface area contributed by atoms with E-state index in [1.54, 1.807) is 25.1 Å². The van der Waals surface area contributed by atoms with Gasteiger partial charge in [-0.05, 0) is 31.9 Å². The molecule has 4 rings (SSSR count). The smallest absolute Gasteiger partial charge is 0.253 e. The third-order valence-electron chi connectivity index (χ3n) is 4.17. The topological polar surface area (TPSA) is 61.0 Å². The van der Waals surface area contributed by atoms with Gasteiger partial charge in [0.15, 0.2) is 6.61 Å². The molecule has 2 heterocycles. The van der Waals surface area contributed by atoms with Crippen LogP contribution in [-0.4, -0.2) is 15.2 Å². The van der Waals surface area contributed by atoms with Crippen molar-refractivity contribution in [1.82, 2.24) is 15.2 Å². The van der Waals surface area contributed by atoms with Crippen LogP contribution in [0, 0.1) is 12.7 Å². The first-order valence-electron chi connectivity index (χ1n) is 7.71. The Hall–Kier alpha value is -2.50. The van der Waals surface area contributed by atoms with Crippen LogP contribution in [0.25, 0.3) is 10.9 Å². The Bertz CT molecular complexity index is 858. The van der Waals surface area contributed by atoms with Gasteiger partial charge in [0.1, 0.15) is 17.1 Å². The van der Waals surface area contributed by atoms with Crippen LogP contribution in [0.4, 0.5) is 4.39 Å². The van der Waals surface area contributed by atoms with Gasteiger partial charge in [0.05, 0.1) is 0 Å². The number of fused-ring (bicyclic) bond motifs is 1. The van der Waals surface area contributed by atoms with Crippen molar-refractivity contribution >= 4 is 10.9 Å². The zero-order valence-corrected chi connectivity index (χ0v) is 12.8. The Morgan fingerprint density at radius 3 is 2.96 bits per heavy atom. The molecule has 0 N–H and O–H groups in total. The first-order chi connectivity index (χ1) is 11.2. The summed E-state index contributed by atoms with van der Waals surface area (Å²) in [5, 5.41) is 8.73. The Morgan fingerprint density at radius 2 is 2.17 bits per heavy atom. The SMILES string of the molecule is Cc1cc(OCc2nnc(C3CCC3)o2)c2cccc(F)c2n1. The third-order valence-corrected chi connectivity index (χ3v) is 4.17. The van der Waals surface area contributed by atoms with Gasteiger partial charge in [0.25, 0.3) is 5.89 Å². The number of ether oxygens (including phenoxy) is 1. The summed E-state index contributed by atoms with van der Waals surface area (Å²) < 4.78 is 25.3. The Morgan fingerprint density at radius 1 is 1.30 bits per heavy atom. The van der Waals surface area contributed by atoms with Crippen molar-refractivity contribution in [2.75, 3.05) is 0 Å². The normalized spacial score (nSPS) is 14.9. The summed E-state index contributed by atoms with van der Waals surface area (Å²) >= 11 is 0. The molecule has 0 aliphatic heterocycles. The molecule has 0 saturated heterocycles. The minimum Gasteiger partial charge on any atom is -0.483 e. The number of aryl methyl sites for hydroxylation is 1. The lowest BCUT2D eigenvalue weighted by Crippen LogP contribution is -2.08. The largest absolute Gasteiger partial charge is 0.483 e. The van der Waals surface area contributed by atoms with Crippen LogP contribution in [0.15, 0.2) is 28.7 Å². The predicted octanol–water partition coefficient (Wildman–Crippen LogP) is 3.91. The molecule has 0 radical (unpaired) electrons. The van der Waals surface area contributed by atoms with Crippen LogP contribution in [0.1, 0.15) is 42.7 Å². The van der Waals surface area contributed by atoms with Gasteiger partial charge in [0.2, 0.25) is 5.89 Å². The van der Waals surface area contributed by atoms with E-state index >= 15 is 0 Å². The maximum atomic E-state index is 13.9. The summed E-state index contributed by atoms with van der Waals surface area (Å²) in [4.78, 5) is 4.23. The van der Waals surface area contributed by atoms with E-state index in [1.807, 2.05) is 0 Å². The molecule has 3 aromatic rings. The number of hydrogen-bond donors (Lipinski definition) is 0. The summed E-state index contributed by atoms with van der Waals surface area (Å²) in [5.74, 6) is 1.73. The van der Waals surface area contributed by atoms with Crippen LogP contribution in [-0.2, 0) is 6.61 Å². The van der Waals surface area contributed by atoms with E-state index < -0.39 is 0 Å². The Kier molecular flexibility index (Phi) is 3.44. The van der Waals surface area contributed by atoms with Gasteiger partial charge in [-0.2, -0.15) is 0 Å². The van der Waals surface area contributed by atoms with Gasteiger partial charge >= 0.3 is 0 Å². The average molecular weight is 313 g/mol. The zero-order chi connectivity index (χ0) is 15.8. The lowest BCUT2D eigenvalue weighted by atomic mass is 9.85. The van der Waals surface area contributed by atoms with Crippen LogP contribution in [0.2, 0.25) is 0 Å². The van der Waals surface area contributed by atoms with Gasteiger partial charge in [-0.1, -0.05) is 12.5 Å². The second-order valence-electron chi connectivity index (χ2n) is 5.85. The van der Waals surface area contributed by atoms with Crippen molar-refractivity contribution in [3.05, 3.63) is 47.6 Å². The first-order valence-corrected chi connectivity index (χ1v) is 7.71. The molecule has 1 aromatic carbocycles. The average Bonchev–Trinajstić information content (AvgIpc) is 2.92. The van der Waals surface area contributed by atoms with Gasteiger partial charge in [0, 0.05) is 23.1 Å². The molecular formula is C17H16FN3O2. The Balaban J connectivity index is 1.57. The minimum absolute atomic E-state index is 0.161. The fourth-order valence-corrected chi connectivity index (χ4v) is 2.71. The highest BCUT2D eigenvalue weighted by atomic mass is 19.1. The molecule has 0 spiro atoms. The molecule has 1 aliphatic rings. The molecule has 6 heteroatoms. The van der Waals surface area contributed by atoms with Crippen LogP contribution < -0.4 is 4.74 Å². The number of aromatic nitrogens is 3. The molecule has 0 atom stereocenters. The van der Waals surface area contributed by atoms with E-state index in [-0.39, 0.29) is 12.4 Å². The van der Waals surface area contributed by atoms with Crippen LogP contribution >= 0.6 is 0 Å². The van der Waals surface area contributed by atoms with Gasteiger partial charge in [-0.25, -0.2) is 9.37 Å². The number of nitrogens with zero attached hydrogens (tertiary/aromatic N) is 3. The summed E-state index contributed by atoms with van der Waals surface area (Å²) in [6, 6.07) is 6.60. The molecule has 0 amide bonds. The molecule has 0 bridgehead atoms. The summed E-state index contributed by atoms with van der Waals surface area (Å²) in [6.45, 7) is 1.97. The maximum Gasteiger partial charge on any atom is 0.253 e. The van der Waals surface area contributed by atoms with Gasteiger partial charge in [-0.15, -0.1) is 10.2 Å². The monoisotopic (exact) mass is 313 g/mol. The minimum atomic E-state index is -0.360. The quantitative estimate of drug-likeness (QED) is 0.731. The summed E-state index contributed by atoms with van der Waals surface area (Å²) in [7, 11) is 0. The molecule has 1 fully saturated rings. The molecule has 0 unspecified atom stereocenters. The van der Waals surface area contributed by atoms with Crippen molar-refractivity contribution in [3.63, 3.8) is 0 Å². The highest BCUT2D eigenvalue weighted by Gasteiger charge is 2.25. The molecule has 118 valence electrons. The van der Waals surface area contributed by atoms with Crippen molar-refractivity contribution in [1.29, 1.82) is 0 Å². The van der Waals surface area contributed by atoms with E-state index in [0.29, 0.717) is 40.0 Å². The van der Waals surface area contributed by atoms with Crippen LogP contribution in [0.5, 0.6) is 5.75 Å². The number of benzene rings is 1. The van der Waals surface area contributed by atoms with Gasteiger partial charge < -0.3 is 9.15 Å². The van der Waals surface area contributed by atoms with Crippen molar-refractivity contribution in [3.8, 4) is 5.75 Å². The fourth-order valence-electron chi connectivity index (χ4n) is 2.71. The number of rotatable bonds is 4. The molecular weight excluding hydrogens is 297 g/mol. The molecule has 1 aliphatic carbocycles. The number of hydrogen-bond acceptors (Lipinski definition) is 5. The third kappa shape index (κ3) is 2.65. The van der Waals surface area contributed by atoms with E-state index in [1.165, 1.54) is 12.5 Å². The van der Waals surface area contributed by atoms with Gasteiger partial charge in [-0.3, -0.25) is 0 Å². The maximum absolute atomic E-state index is 13.9. The van der Waals surface area contributed by atoms with Crippen LogP contribution in [0.3, 0.4) is 0 Å². The van der Waals surface area contributed by atoms with Crippen molar-refractivity contribution < 1.29 is 13.5 Å². The molecule has 5 nitrogen and oxygen atoms in total. The molecule has 23 heavy (non-hydrogen) atoms. The number of pyridine rings is 1. The Labute approximate surface area is 132 Å². The summed E-state index contributed by atoms with van der Waals surface area (Å²) in [6.07, 6.45) is 3.43. The number of halogens is 1. The van der Waals surface area contributed by atoms with Crippen molar-refractivity contribution in [2.45, 2.75) is 38.7 Å². The molecule has 1 saturated carbocycles. The second-order valence-corrected chi connectivity index (χ2v) is 5.85. The molecule has 2 aromatic heterocycles. The lowest BCUT2D eigenvalue weighted by Gasteiger charge is -2.20. The van der Waals surface area contributed by atoms with E-state index in [9.17, 15) is 4.39 Å². The van der Waals surface area contributed by atoms with E-state index in [0.717, 1.165) is 12.8 Å². The summed E-state index contributed by atoms with van der Waals surface area (Å²) in [5.41, 5.74) is 1.00. The fraction of sp³-hybridized carbons (Fsp3) is 0.353. The number of para-hydroxylation sites is 1. The lowest BCUT2D eigenvalue weighted by molar-refractivity contribution is 0.249. The van der Waals surface area contributed by atoms with Crippen molar-refractivity contribution in [2.24, 2.45) is 0 Å². The second kappa shape index (κ2) is 5.61. The highest BCUT2D eigenvalue weighted by Crippen LogP contribution is 2.35. The first kappa shape index (κ1) is 14.1. The predicted molar refractivity (Wildman–Crippen MR) is 81.7 cm³/mol. The zero-order valence-electron chi connectivity index (χ0n) is 12.8. The van der Waals surface area contributed by atoms with E-state index in [4.69, 9.17) is 9.15 Å².